The zero-order valence-corrected chi connectivity index (χ0v) is 36.0. The summed E-state index contributed by atoms with van der Waals surface area (Å²) in [5.41, 5.74) is 10.7. The first-order valence-corrected chi connectivity index (χ1v) is 19.7. The largest absolute Gasteiger partial charge is 0.509 e. The smallest absolute Gasteiger partial charge is 0.135 e. The fourth-order valence-electron chi connectivity index (χ4n) is 7.80. The predicted octanol–water partition coefficient (Wildman–Crippen LogP) is 13.0. The van der Waals surface area contributed by atoms with Crippen LogP contribution in [0.4, 0.5) is 22.9 Å². The third kappa shape index (κ3) is 7.07. The molecule has 0 spiro atoms. The van der Waals surface area contributed by atoms with Gasteiger partial charge in [0.15, 0.2) is 0 Å². The van der Waals surface area contributed by atoms with E-state index < -0.39 is 0 Å². The number of hydrogen-bond acceptors (Lipinski definition) is 6. The molecular formula is C50H45N6OPt-3. The molecule has 0 amide bonds. The second kappa shape index (κ2) is 15.5. The molecule has 4 aromatic carbocycles. The Kier molecular flexibility index (Phi) is 10.5. The fourth-order valence-corrected chi connectivity index (χ4v) is 7.80. The molecule has 58 heavy (non-hydrogen) atoms. The molecule has 9 rings (SSSR count). The molecule has 0 atom stereocenters. The maximum atomic E-state index is 6.59. The molecule has 0 saturated carbocycles. The van der Waals surface area contributed by atoms with E-state index in [1.54, 1.807) is 0 Å². The van der Waals surface area contributed by atoms with Crippen LogP contribution in [-0.4, -0.2) is 19.5 Å². The van der Waals surface area contributed by atoms with Crippen molar-refractivity contribution in [3.8, 4) is 28.6 Å². The summed E-state index contributed by atoms with van der Waals surface area (Å²) < 4.78 is 8.77. The topological polar surface area (TPSA) is 59.3 Å². The number of rotatable bonds is 8. The number of fused-ring (bicyclic) bond motifs is 4. The fraction of sp³-hybridized carbons (Fsp3) is 0.200. The normalized spacial score (nSPS) is 12.8. The number of anilines is 4. The van der Waals surface area contributed by atoms with Crippen LogP contribution in [0.1, 0.15) is 77.0 Å². The van der Waals surface area contributed by atoms with Crippen molar-refractivity contribution in [1.82, 2.24) is 19.5 Å². The van der Waals surface area contributed by atoms with E-state index >= 15 is 0 Å². The number of ether oxygens (including phenoxy) is 1. The Morgan fingerprint density at radius 1 is 0.655 bits per heavy atom. The molecule has 0 N–H and O–H groups in total. The van der Waals surface area contributed by atoms with Gasteiger partial charge in [-0.05, 0) is 93.9 Å². The molecule has 294 valence electrons. The predicted molar refractivity (Wildman–Crippen MR) is 232 cm³/mol. The summed E-state index contributed by atoms with van der Waals surface area (Å²) in [6.45, 7) is 17.8. The second-order valence-corrected chi connectivity index (χ2v) is 16.3. The SMILES string of the molecule is CC(C)c1cc(-c2ccccn2)cc(C(C)C)c1N1[CH-]N(c2[c-]c(Oc3[c-]c4c(cc3)c3ccccc3n4-c3cc(C(C)(C)C)ccn3)ccc2)c2cccnc21.[Pt]. The summed E-state index contributed by atoms with van der Waals surface area (Å²) in [5.74, 6) is 3.40. The molecule has 1 aliphatic heterocycles. The van der Waals surface area contributed by atoms with E-state index in [0.717, 1.165) is 61.8 Å². The molecule has 0 bridgehead atoms. The van der Waals surface area contributed by atoms with Crippen LogP contribution in [0.25, 0.3) is 38.9 Å². The van der Waals surface area contributed by atoms with Crippen LogP contribution in [0.15, 0.2) is 128 Å². The van der Waals surface area contributed by atoms with Crippen molar-refractivity contribution in [2.45, 2.75) is 65.7 Å². The summed E-state index contributed by atoms with van der Waals surface area (Å²) in [6, 6.07) is 44.7. The minimum Gasteiger partial charge on any atom is -0.509 e. The molecular weight excluding hydrogens is 896 g/mol. The van der Waals surface area contributed by atoms with Crippen LogP contribution < -0.4 is 14.5 Å². The standard InChI is InChI=1S/C50H45N6O.Pt/c1-32(2)41-26-34(43-17-10-11-23-51-43)27-42(33(3)4)48(41)55-31-54(45-19-13-24-53-49(45)55)36-14-12-15-37(29-36)57-38-20-21-40-39-16-8-9-18-44(39)56(46(40)30-38)47-28-35(22-25-52-47)50(5,6)7;/h8-28,31-33H,1-7H3;/q-3;. The van der Waals surface area contributed by atoms with Gasteiger partial charge in [0.1, 0.15) is 11.6 Å². The van der Waals surface area contributed by atoms with Gasteiger partial charge >= 0.3 is 0 Å². The Bertz CT molecular complexity index is 2740. The van der Waals surface area contributed by atoms with E-state index in [9.17, 15) is 0 Å². The molecule has 0 saturated heterocycles. The van der Waals surface area contributed by atoms with Crippen LogP contribution in [-0.2, 0) is 26.5 Å². The zero-order valence-electron chi connectivity index (χ0n) is 33.8. The third-order valence-corrected chi connectivity index (χ3v) is 10.7. The van der Waals surface area contributed by atoms with Crippen LogP contribution in [0.3, 0.4) is 0 Å². The Labute approximate surface area is 355 Å². The minimum atomic E-state index is -0.0200. The average Bonchev–Trinajstić information content (AvgIpc) is 3.76. The van der Waals surface area contributed by atoms with Gasteiger partial charge in [-0.15, -0.1) is 48.1 Å². The molecule has 1 aliphatic rings. The van der Waals surface area contributed by atoms with Gasteiger partial charge in [0.25, 0.3) is 0 Å². The molecule has 0 aliphatic carbocycles. The van der Waals surface area contributed by atoms with Crippen molar-refractivity contribution in [2.24, 2.45) is 0 Å². The first kappa shape index (κ1) is 39.1. The maximum absolute atomic E-state index is 6.59. The monoisotopic (exact) mass is 940 g/mol. The number of benzene rings is 4. The van der Waals surface area contributed by atoms with Crippen molar-refractivity contribution in [1.29, 1.82) is 0 Å². The van der Waals surface area contributed by atoms with Crippen LogP contribution in [0.2, 0.25) is 0 Å². The van der Waals surface area contributed by atoms with Crippen molar-refractivity contribution >= 4 is 44.7 Å². The van der Waals surface area contributed by atoms with E-state index in [-0.39, 0.29) is 38.3 Å². The zero-order chi connectivity index (χ0) is 39.4. The third-order valence-electron chi connectivity index (χ3n) is 10.7. The van der Waals surface area contributed by atoms with E-state index in [4.69, 9.17) is 19.7 Å². The molecule has 0 fully saturated rings. The number of nitrogens with zero attached hydrogens (tertiary/aromatic N) is 6. The summed E-state index contributed by atoms with van der Waals surface area (Å²) in [5, 5.41) is 2.23. The van der Waals surface area contributed by atoms with Gasteiger partial charge in [-0.3, -0.25) is 4.98 Å². The van der Waals surface area contributed by atoms with E-state index in [1.807, 2.05) is 55.0 Å². The van der Waals surface area contributed by atoms with E-state index in [2.05, 4.69) is 154 Å². The number of hydrogen-bond donors (Lipinski definition) is 0. The number of aromatic nitrogens is 4. The first-order valence-electron chi connectivity index (χ1n) is 19.7. The van der Waals surface area contributed by atoms with Gasteiger partial charge in [-0.25, -0.2) is 9.97 Å². The van der Waals surface area contributed by atoms with Crippen molar-refractivity contribution in [2.75, 3.05) is 9.80 Å². The molecule has 8 heteroatoms. The van der Waals surface area contributed by atoms with Gasteiger partial charge < -0.3 is 19.1 Å². The number of para-hydroxylation sites is 1. The Morgan fingerprint density at radius 3 is 2.14 bits per heavy atom. The van der Waals surface area contributed by atoms with Crippen LogP contribution >= 0.6 is 0 Å². The Balaban J connectivity index is 0.00000469. The molecule has 0 unspecified atom stereocenters. The van der Waals surface area contributed by atoms with Gasteiger partial charge in [0.05, 0.1) is 11.4 Å². The Morgan fingerprint density at radius 2 is 1.40 bits per heavy atom. The molecule has 8 aromatic rings. The molecule has 5 heterocycles. The summed E-state index contributed by atoms with van der Waals surface area (Å²) in [4.78, 5) is 18.9. The average molecular weight is 941 g/mol. The first-order chi connectivity index (χ1) is 27.5. The Hall–Kier alpha value is -5.78. The quantitative estimate of drug-likeness (QED) is 0.142. The van der Waals surface area contributed by atoms with Crippen LogP contribution in [0, 0.1) is 18.8 Å². The van der Waals surface area contributed by atoms with Gasteiger partial charge in [-0.2, -0.15) is 12.1 Å². The van der Waals surface area contributed by atoms with Gasteiger partial charge in [0, 0.05) is 67.9 Å². The summed E-state index contributed by atoms with van der Waals surface area (Å²) in [6.07, 6.45) is 5.61. The molecule has 4 aromatic heterocycles. The number of pyridine rings is 3. The summed E-state index contributed by atoms with van der Waals surface area (Å²) in [7, 11) is 0. The van der Waals surface area contributed by atoms with Crippen molar-refractivity contribution < 1.29 is 25.8 Å². The maximum Gasteiger partial charge on any atom is 0.135 e. The van der Waals surface area contributed by atoms with Gasteiger partial charge in [0.2, 0.25) is 0 Å². The van der Waals surface area contributed by atoms with Crippen molar-refractivity contribution in [3.63, 3.8) is 0 Å². The molecule has 0 radical (unpaired) electrons. The summed E-state index contributed by atoms with van der Waals surface area (Å²) >= 11 is 0. The minimum absolute atomic E-state index is 0. The van der Waals surface area contributed by atoms with E-state index in [1.165, 1.54) is 16.7 Å². The van der Waals surface area contributed by atoms with E-state index in [0.29, 0.717) is 11.5 Å². The molecule has 7 nitrogen and oxygen atoms in total. The van der Waals surface area contributed by atoms with Crippen molar-refractivity contribution in [3.05, 3.63) is 163 Å². The second-order valence-electron chi connectivity index (χ2n) is 16.3. The van der Waals surface area contributed by atoms with Crippen LogP contribution in [0.5, 0.6) is 11.5 Å². The van der Waals surface area contributed by atoms with Gasteiger partial charge in [-0.1, -0.05) is 78.2 Å².